The highest BCUT2D eigenvalue weighted by molar-refractivity contribution is 7.92. The van der Waals surface area contributed by atoms with Crippen LogP contribution in [-0.2, 0) is 10.0 Å². The molecular weight excluding hydrogens is 210 g/mol. The molecule has 1 N–H and O–H groups in total. The van der Waals surface area contributed by atoms with E-state index in [2.05, 4.69) is 4.72 Å². The van der Waals surface area contributed by atoms with Gasteiger partial charge in [0.05, 0.1) is 17.0 Å². The van der Waals surface area contributed by atoms with Crippen LogP contribution in [0.3, 0.4) is 0 Å². The monoisotopic (exact) mass is 219 g/mol. The van der Waals surface area contributed by atoms with E-state index in [1.807, 2.05) is 0 Å². The van der Waals surface area contributed by atoms with E-state index in [0.29, 0.717) is 10.7 Å². The number of sulfonamides is 1. The lowest BCUT2D eigenvalue weighted by Gasteiger charge is -2.08. The summed E-state index contributed by atoms with van der Waals surface area (Å²) < 4.78 is 24.2. The average Bonchev–Trinajstić information content (AvgIpc) is 1.95. The molecule has 0 fully saturated rings. The molecule has 1 aromatic rings. The number of aryl methyl sites for hydroxylation is 1. The first kappa shape index (κ1) is 10.3. The van der Waals surface area contributed by atoms with E-state index < -0.39 is 10.0 Å². The lowest BCUT2D eigenvalue weighted by Crippen LogP contribution is -2.10. The third-order valence-electron chi connectivity index (χ3n) is 1.51. The smallest absolute Gasteiger partial charge is 0.229 e. The zero-order valence-corrected chi connectivity index (χ0v) is 8.91. The molecule has 0 bridgehead atoms. The zero-order valence-electron chi connectivity index (χ0n) is 7.33. The molecule has 1 rings (SSSR count). The molecule has 0 atom stereocenters. The van der Waals surface area contributed by atoms with E-state index in [9.17, 15) is 8.42 Å². The second-order valence-electron chi connectivity index (χ2n) is 2.81. The summed E-state index contributed by atoms with van der Waals surface area (Å²) in [6, 6.07) is 5.20. The van der Waals surface area contributed by atoms with Crippen LogP contribution in [0.1, 0.15) is 5.56 Å². The Bertz CT molecular complexity index is 394. The first-order chi connectivity index (χ1) is 5.90. The number of hydrogen-bond acceptors (Lipinski definition) is 2. The third kappa shape index (κ3) is 2.90. The van der Waals surface area contributed by atoms with Crippen LogP contribution in [0, 0.1) is 6.92 Å². The van der Waals surface area contributed by atoms with Crippen molar-refractivity contribution in [1.29, 1.82) is 0 Å². The molecule has 5 heteroatoms. The number of benzene rings is 1. The van der Waals surface area contributed by atoms with E-state index in [0.717, 1.165) is 11.8 Å². The molecule has 0 heterocycles. The maximum absolute atomic E-state index is 10.9. The van der Waals surface area contributed by atoms with Crippen LogP contribution in [0.4, 0.5) is 5.69 Å². The van der Waals surface area contributed by atoms with E-state index in [1.54, 1.807) is 25.1 Å². The number of halogens is 1. The molecule has 1 aromatic carbocycles. The molecule has 0 saturated carbocycles. The molecule has 0 amide bonds. The number of anilines is 1. The van der Waals surface area contributed by atoms with Crippen LogP contribution in [-0.4, -0.2) is 14.7 Å². The zero-order chi connectivity index (χ0) is 10.1. The van der Waals surface area contributed by atoms with E-state index in [4.69, 9.17) is 11.6 Å². The van der Waals surface area contributed by atoms with Crippen molar-refractivity contribution < 1.29 is 8.42 Å². The van der Waals surface area contributed by atoms with E-state index in [-0.39, 0.29) is 0 Å². The quantitative estimate of drug-likeness (QED) is 0.827. The van der Waals surface area contributed by atoms with E-state index >= 15 is 0 Å². The summed E-state index contributed by atoms with van der Waals surface area (Å²) in [4.78, 5) is 0. The summed E-state index contributed by atoms with van der Waals surface area (Å²) in [5, 5.41) is 0.408. The van der Waals surface area contributed by atoms with Gasteiger partial charge in [-0.05, 0) is 18.6 Å². The van der Waals surface area contributed by atoms with Crippen LogP contribution >= 0.6 is 11.6 Å². The topological polar surface area (TPSA) is 46.2 Å². The molecular formula is C8H10ClNO2S. The molecule has 0 saturated heterocycles. The Labute approximate surface area is 82.8 Å². The summed E-state index contributed by atoms with van der Waals surface area (Å²) in [6.07, 6.45) is 1.09. The van der Waals surface area contributed by atoms with Gasteiger partial charge in [-0.15, -0.1) is 0 Å². The van der Waals surface area contributed by atoms with Gasteiger partial charge in [0.2, 0.25) is 10.0 Å². The van der Waals surface area contributed by atoms with Crippen molar-refractivity contribution in [2.75, 3.05) is 11.0 Å². The highest BCUT2D eigenvalue weighted by atomic mass is 35.5. The largest absolute Gasteiger partial charge is 0.282 e. The Hall–Kier alpha value is -0.740. The molecule has 0 aromatic heterocycles. The Kier molecular flexibility index (Phi) is 2.83. The molecule has 0 aliphatic heterocycles. The second-order valence-corrected chi connectivity index (χ2v) is 4.96. The highest BCUT2D eigenvalue weighted by Crippen LogP contribution is 2.25. The highest BCUT2D eigenvalue weighted by Gasteiger charge is 2.07. The fourth-order valence-corrected chi connectivity index (χ4v) is 1.91. The molecule has 13 heavy (non-hydrogen) atoms. The summed E-state index contributed by atoms with van der Waals surface area (Å²) in [7, 11) is -3.26. The second kappa shape index (κ2) is 3.55. The van der Waals surface area contributed by atoms with Crippen molar-refractivity contribution in [2.45, 2.75) is 6.92 Å². The molecule has 72 valence electrons. The van der Waals surface area contributed by atoms with Gasteiger partial charge in [0.1, 0.15) is 0 Å². The van der Waals surface area contributed by atoms with Crippen molar-refractivity contribution >= 4 is 27.3 Å². The number of nitrogens with one attached hydrogen (secondary N) is 1. The molecule has 3 nitrogen and oxygen atoms in total. The van der Waals surface area contributed by atoms with Crippen LogP contribution in [0.5, 0.6) is 0 Å². The Balaban J connectivity index is 3.15. The van der Waals surface area contributed by atoms with Gasteiger partial charge >= 0.3 is 0 Å². The minimum Gasteiger partial charge on any atom is -0.282 e. The van der Waals surface area contributed by atoms with Crippen LogP contribution < -0.4 is 4.72 Å². The minimum absolute atomic E-state index is 0.408. The van der Waals surface area contributed by atoms with Crippen molar-refractivity contribution in [3.63, 3.8) is 0 Å². The van der Waals surface area contributed by atoms with Crippen LogP contribution in [0.25, 0.3) is 0 Å². The summed E-state index contributed by atoms with van der Waals surface area (Å²) in [5.74, 6) is 0. The first-order valence-electron chi connectivity index (χ1n) is 3.63. The predicted octanol–water partition coefficient (Wildman–Crippen LogP) is 2.02. The van der Waals surface area contributed by atoms with Crippen molar-refractivity contribution in [1.82, 2.24) is 0 Å². The van der Waals surface area contributed by atoms with Gasteiger partial charge in [-0.2, -0.15) is 0 Å². The van der Waals surface area contributed by atoms with Gasteiger partial charge < -0.3 is 0 Å². The number of hydrogen-bond donors (Lipinski definition) is 1. The van der Waals surface area contributed by atoms with Gasteiger partial charge in [0.15, 0.2) is 0 Å². The van der Waals surface area contributed by atoms with Crippen LogP contribution in [0.15, 0.2) is 18.2 Å². The van der Waals surface area contributed by atoms with Crippen molar-refractivity contribution in [3.05, 3.63) is 28.8 Å². The number of rotatable bonds is 2. The maximum Gasteiger partial charge on any atom is 0.229 e. The molecule has 0 radical (unpaired) electrons. The van der Waals surface area contributed by atoms with E-state index in [1.165, 1.54) is 0 Å². The lowest BCUT2D eigenvalue weighted by molar-refractivity contribution is 0.607. The normalized spacial score (nSPS) is 11.3. The van der Waals surface area contributed by atoms with Crippen LogP contribution in [0.2, 0.25) is 5.02 Å². The summed E-state index contributed by atoms with van der Waals surface area (Å²) >= 11 is 5.81. The minimum atomic E-state index is -3.26. The molecule has 0 spiro atoms. The number of para-hydroxylation sites is 1. The molecule has 0 aliphatic carbocycles. The first-order valence-corrected chi connectivity index (χ1v) is 5.90. The summed E-state index contributed by atoms with van der Waals surface area (Å²) in [6.45, 7) is 1.79. The lowest BCUT2D eigenvalue weighted by atomic mass is 10.2. The fourth-order valence-electron chi connectivity index (χ4n) is 0.947. The SMILES string of the molecule is Cc1cccc(Cl)c1NS(C)(=O)=O. The van der Waals surface area contributed by atoms with Crippen molar-refractivity contribution in [3.8, 4) is 0 Å². The fraction of sp³-hybridized carbons (Fsp3) is 0.250. The standard InChI is InChI=1S/C8H10ClNO2S/c1-6-4-3-5-7(9)8(6)10-13(2,11)12/h3-5,10H,1-2H3. The third-order valence-corrected chi connectivity index (χ3v) is 2.40. The van der Waals surface area contributed by atoms with Gasteiger partial charge in [-0.3, -0.25) is 4.72 Å². The molecule has 0 aliphatic rings. The predicted molar refractivity (Wildman–Crippen MR) is 54.7 cm³/mol. The molecule has 0 unspecified atom stereocenters. The average molecular weight is 220 g/mol. The Morgan fingerprint density at radius 1 is 1.38 bits per heavy atom. The maximum atomic E-state index is 10.9. The van der Waals surface area contributed by atoms with Crippen molar-refractivity contribution in [2.24, 2.45) is 0 Å². The van der Waals surface area contributed by atoms with Gasteiger partial charge in [-0.1, -0.05) is 23.7 Å². The Morgan fingerprint density at radius 3 is 2.46 bits per heavy atom. The Morgan fingerprint density at radius 2 is 2.00 bits per heavy atom. The van der Waals surface area contributed by atoms with Gasteiger partial charge in [-0.25, -0.2) is 8.42 Å². The van der Waals surface area contributed by atoms with Gasteiger partial charge in [0, 0.05) is 0 Å². The van der Waals surface area contributed by atoms with Gasteiger partial charge in [0.25, 0.3) is 0 Å². The summed E-state index contributed by atoms with van der Waals surface area (Å²) in [5.41, 5.74) is 1.25.